The molecule has 10 heteroatoms. The monoisotopic (exact) mass is 388 g/mol. The fourth-order valence-corrected chi connectivity index (χ4v) is 2.55. The Kier molecular flexibility index (Phi) is 7.13. The molecule has 0 saturated carbocycles. The van der Waals surface area contributed by atoms with E-state index >= 15 is 0 Å². The lowest BCUT2D eigenvalue weighted by atomic mass is 10.1. The van der Waals surface area contributed by atoms with Crippen molar-refractivity contribution in [2.45, 2.75) is 6.92 Å². The second-order valence-corrected chi connectivity index (χ2v) is 5.83. The molecule has 0 aliphatic carbocycles. The first-order chi connectivity index (χ1) is 13.4. The Balaban J connectivity index is 2.52. The number of benzene rings is 1. The first-order valence-electron chi connectivity index (χ1n) is 8.48. The number of ether oxygens (including phenoxy) is 1. The van der Waals surface area contributed by atoms with Crippen molar-refractivity contribution in [1.29, 1.82) is 0 Å². The van der Waals surface area contributed by atoms with Crippen LogP contribution in [0.4, 0.5) is 17.2 Å². The molecule has 150 valence electrons. The molecule has 1 aromatic heterocycles. The van der Waals surface area contributed by atoms with E-state index < -0.39 is 0 Å². The largest absolute Gasteiger partial charge is 0.506 e. The van der Waals surface area contributed by atoms with Gasteiger partial charge in [0.05, 0.1) is 23.7 Å². The second kappa shape index (κ2) is 9.53. The van der Waals surface area contributed by atoms with Crippen LogP contribution in [0, 0.1) is 0 Å². The summed E-state index contributed by atoms with van der Waals surface area (Å²) in [6.07, 6.45) is 0. The SMILES string of the molecule is CNC(=O)c1c(NN)cc(-c2ccc(NC(C)=O)c(O)c2)nc1NCCOC. The van der Waals surface area contributed by atoms with Crippen LogP contribution in [-0.4, -0.2) is 49.2 Å². The Labute approximate surface area is 162 Å². The number of rotatable bonds is 8. The van der Waals surface area contributed by atoms with Crippen LogP contribution < -0.4 is 27.2 Å². The summed E-state index contributed by atoms with van der Waals surface area (Å²) < 4.78 is 5.02. The number of anilines is 3. The average molecular weight is 388 g/mol. The summed E-state index contributed by atoms with van der Waals surface area (Å²) in [7, 11) is 3.08. The van der Waals surface area contributed by atoms with Gasteiger partial charge in [-0.3, -0.25) is 15.4 Å². The lowest BCUT2D eigenvalue weighted by Crippen LogP contribution is -2.24. The highest BCUT2D eigenvalue weighted by molar-refractivity contribution is 6.04. The summed E-state index contributed by atoms with van der Waals surface area (Å²) in [4.78, 5) is 28.0. The molecule has 0 atom stereocenters. The highest BCUT2D eigenvalue weighted by Gasteiger charge is 2.19. The number of phenols is 1. The lowest BCUT2D eigenvalue weighted by molar-refractivity contribution is -0.114. The lowest BCUT2D eigenvalue weighted by Gasteiger charge is -2.16. The number of carbonyl (C=O) groups is 2. The first kappa shape index (κ1) is 20.9. The molecule has 2 aromatic rings. The molecule has 0 aliphatic rings. The number of nitrogens with two attached hydrogens (primary N) is 1. The van der Waals surface area contributed by atoms with Crippen LogP contribution >= 0.6 is 0 Å². The molecule has 10 nitrogen and oxygen atoms in total. The third-order valence-corrected chi connectivity index (χ3v) is 3.83. The minimum atomic E-state index is -0.365. The van der Waals surface area contributed by atoms with Gasteiger partial charge in [-0.15, -0.1) is 0 Å². The number of phenolic OH excluding ortho intramolecular Hbond substituents is 1. The normalized spacial score (nSPS) is 10.3. The average Bonchev–Trinajstić information content (AvgIpc) is 2.68. The molecule has 1 heterocycles. The number of pyridine rings is 1. The van der Waals surface area contributed by atoms with Crippen LogP contribution in [0.3, 0.4) is 0 Å². The van der Waals surface area contributed by atoms with E-state index in [1.54, 1.807) is 25.3 Å². The van der Waals surface area contributed by atoms with Gasteiger partial charge in [0.2, 0.25) is 5.91 Å². The molecule has 0 aliphatic heterocycles. The summed E-state index contributed by atoms with van der Waals surface area (Å²) in [5, 5.41) is 18.3. The van der Waals surface area contributed by atoms with Crippen LogP contribution in [0.1, 0.15) is 17.3 Å². The van der Waals surface area contributed by atoms with Crippen molar-refractivity contribution >= 4 is 29.0 Å². The minimum Gasteiger partial charge on any atom is -0.506 e. The Hall–Kier alpha value is -3.37. The van der Waals surface area contributed by atoms with Crippen LogP contribution in [0.25, 0.3) is 11.3 Å². The van der Waals surface area contributed by atoms with Crippen molar-refractivity contribution in [2.24, 2.45) is 5.84 Å². The zero-order valence-corrected chi connectivity index (χ0v) is 15.9. The molecule has 28 heavy (non-hydrogen) atoms. The van der Waals surface area contributed by atoms with Gasteiger partial charge in [-0.1, -0.05) is 6.07 Å². The minimum absolute atomic E-state index is 0.110. The van der Waals surface area contributed by atoms with E-state index in [0.29, 0.717) is 35.9 Å². The predicted octanol–water partition coefficient (Wildman–Crippen LogP) is 1.12. The van der Waals surface area contributed by atoms with Gasteiger partial charge < -0.3 is 31.2 Å². The quantitative estimate of drug-likeness (QED) is 0.170. The highest BCUT2D eigenvalue weighted by Crippen LogP contribution is 2.33. The fraction of sp³-hybridized carbons (Fsp3) is 0.278. The van der Waals surface area contributed by atoms with Gasteiger partial charge >= 0.3 is 0 Å². The number of hydrazine groups is 1. The number of aromatic nitrogens is 1. The maximum atomic E-state index is 12.3. The summed E-state index contributed by atoms with van der Waals surface area (Å²) >= 11 is 0. The maximum Gasteiger partial charge on any atom is 0.256 e. The molecule has 1 aromatic carbocycles. The highest BCUT2D eigenvalue weighted by atomic mass is 16.5. The third kappa shape index (κ3) is 4.87. The summed E-state index contributed by atoms with van der Waals surface area (Å²) in [6.45, 7) is 2.19. The van der Waals surface area contributed by atoms with E-state index in [1.165, 1.54) is 20.0 Å². The maximum absolute atomic E-state index is 12.3. The molecular formula is C18H24N6O4. The van der Waals surface area contributed by atoms with E-state index in [9.17, 15) is 14.7 Å². The number of hydrogen-bond donors (Lipinski definition) is 6. The van der Waals surface area contributed by atoms with Gasteiger partial charge in [0.1, 0.15) is 17.1 Å². The predicted molar refractivity (Wildman–Crippen MR) is 107 cm³/mol. The zero-order valence-electron chi connectivity index (χ0n) is 15.9. The summed E-state index contributed by atoms with van der Waals surface area (Å²) in [6, 6.07) is 6.31. The van der Waals surface area contributed by atoms with Gasteiger partial charge in [0.25, 0.3) is 5.91 Å². The van der Waals surface area contributed by atoms with Crippen LogP contribution in [-0.2, 0) is 9.53 Å². The molecule has 0 unspecified atom stereocenters. The van der Waals surface area contributed by atoms with Crippen molar-refractivity contribution in [2.75, 3.05) is 43.4 Å². The van der Waals surface area contributed by atoms with Crippen molar-refractivity contribution in [3.63, 3.8) is 0 Å². The Morgan fingerprint density at radius 1 is 1.25 bits per heavy atom. The topological polar surface area (TPSA) is 151 Å². The molecule has 0 bridgehead atoms. The molecule has 0 radical (unpaired) electrons. The summed E-state index contributed by atoms with van der Waals surface area (Å²) in [5.41, 5.74) is 4.44. The standard InChI is InChI=1S/C18H24N6O4/c1-10(25)22-12-5-4-11(8-15(12)26)13-9-14(24-19)16(18(27)20-2)17(23-13)21-6-7-28-3/h4-5,8-9,26H,6-7,19H2,1-3H3,(H,20,27)(H,22,25)(H2,21,23,24). The zero-order chi connectivity index (χ0) is 20.7. The van der Waals surface area contributed by atoms with Crippen molar-refractivity contribution in [1.82, 2.24) is 10.3 Å². The Morgan fingerprint density at radius 2 is 2.00 bits per heavy atom. The third-order valence-electron chi connectivity index (χ3n) is 3.83. The van der Waals surface area contributed by atoms with E-state index in [-0.39, 0.29) is 28.8 Å². The number of methoxy groups -OCH3 is 1. The van der Waals surface area contributed by atoms with E-state index in [4.69, 9.17) is 10.6 Å². The number of carbonyl (C=O) groups excluding carboxylic acids is 2. The van der Waals surface area contributed by atoms with E-state index in [0.717, 1.165) is 0 Å². The van der Waals surface area contributed by atoms with Crippen LogP contribution in [0.2, 0.25) is 0 Å². The Bertz CT molecular complexity index is 871. The molecule has 0 spiro atoms. The fourth-order valence-electron chi connectivity index (χ4n) is 2.55. The van der Waals surface area contributed by atoms with Crippen molar-refractivity contribution in [3.8, 4) is 17.0 Å². The van der Waals surface area contributed by atoms with Crippen molar-refractivity contribution < 1.29 is 19.4 Å². The van der Waals surface area contributed by atoms with Gasteiger partial charge in [-0.2, -0.15) is 0 Å². The van der Waals surface area contributed by atoms with Gasteiger partial charge in [0, 0.05) is 33.2 Å². The van der Waals surface area contributed by atoms with E-state index in [1.807, 2.05) is 0 Å². The number of aromatic hydroxyl groups is 1. The molecule has 7 N–H and O–H groups in total. The first-order valence-corrected chi connectivity index (χ1v) is 8.48. The van der Waals surface area contributed by atoms with Gasteiger partial charge in [-0.05, 0) is 18.2 Å². The van der Waals surface area contributed by atoms with Crippen LogP contribution in [0.5, 0.6) is 5.75 Å². The molecule has 2 rings (SSSR count). The number of nitrogens with one attached hydrogen (secondary N) is 4. The van der Waals surface area contributed by atoms with E-state index in [2.05, 4.69) is 26.4 Å². The number of nitrogens with zero attached hydrogens (tertiary/aromatic N) is 1. The number of nitrogen functional groups attached to an aromatic ring is 1. The molecule has 2 amide bonds. The molecular weight excluding hydrogens is 364 g/mol. The van der Waals surface area contributed by atoms with Gasteiger partial charge in [0.15, 0.2) is 0 Å². The smallest absolute Gasteiger partial charge is 0.256 e. The molecule has 0 fully saturated rings. The van der Waals surface area contributed by atoms with Crippen molar-refractivity contribution in [3.05, 3.63) is 29.8 Å². The summed E-state index contributed by atoms with van der Waals surface area (Å²) in [5.74, 6) is 5.16. The van der Waals surface area contributed by atoms with Crippen LogP contribution in [0.15, 0.2) is 24.3 Å². The van der Waals surface area contributed by atoms with Gasteiger partial charge in [-0.25, -0.2) is 4.98 Å². The molecule has 0 saturated heterocycles. The Morgan fingerprint density at radius 3 is 2.57 bits per heavy atom. The number of hydrogen-bond acceptors (Lipinski definition) is 8. The number of amides is 2. The second-order valence-electron chi connectivity index (χ2n) is 5.83.